The number of aromatic nitrogens is 2. The van der Waals surface area contributed by atoms with Gasteiger partial charge in [0.05, 0.1) is 24.0 Å². The van der Waals surface area contributed by atoms with Crippen LogP contribution in [0.2, 0.25) is 30.7 Å². The minimum atomic E-state index is -1.14. The highest BCUT2D eigenvalue weighted by atomic mass is 35.5. The summed E-state index contributed by atoms with van der Waals surface area (Å²) in [5.74, 6) is -0.899. The number of hydrogen-bond acceptors (Lipinski definition) is 4. The van der Waals surface area contributed by atoms with Gasteiger partial charge >= 0.3 is 5.97 Å². The Morgan fingerprint density at radius 3 is 2.70 bits per heavy atom. The van der Waals surface area contributed by atoms with Crippen LogP contribution in [-0.2, 0) is 11.5 Å². The van der Waals surface area contributed by atoms with E-state index in [0.717, 1.165) is 6.04 Å². The topological polar surface area (TPSA) is 73.6 Å². The first-order valence-electron chi connectivity index (χ1n) is 7.27. The Morgan fingerprint density at radius 1 is 1.43 bits per heavy atom. The Balaban J connectivity index is 2.28. The number of carboxylic acid groups (broad SMARTS) is 1. The van der Waals surface area contributed by atoms with Gasteiger partial charge in [-0.05, 0) is 12.1 Å². The second-order valence-electron chi connectivity index (χ2n) is 6.50. The maximum atomic E-state index is 11.3. The van der Waals surface area contributed by atoms with Crippen LogP contribution >= 0.6 is 11.6 Å². The van der Waals surface area contributed by atoms with Gasteiger partial charge in [-0.25, -0.2) is 9.78 Å². The fourth-order valence-corrected chi connectivity index (χ4v) is 3.26. The molecular formula is C15H21ClN2O4Si. The largest absolute Gasteiger partial charge is 0.493 e. The highest BCUT2D eigenvalue weighted by Crippen LogP contribution is 2.34. The Morgan fingerprint density at radius 2 is 2.13 bits per heavy atom. The lowest BCUT2D eigenvalue weighted by Crippen LogP contribution is -2.22. The van der Waals surface area contributed by atoms with Crippen LogP contribution in [0.1, 0.15) is 10.4 Å². The van der Waals surface area contributed by atoms with Crippen molar-refractivity contribution >= 4 is 36.7 Å². The van der Waals surface area contributed by atoms with Crippen molar-refractivity contribution in [2.45, 2.75) is 32.4 Å². The molecule has 2 aromatic rings. The third kappa shape index (κ3) is 4.04. The number of carbonyl (C=O) groups is 1. The van der Waals surface area contributed by atoms with Crippen LogP contribution in [0.4, 0.5) is 0 Å². The van der Waals surface area contributed by atoms with E-state index in [2.05, 4.69) is 24.6 Å². The van der Waals surface area contributed by atoms with Gasteiger partial charge < -0.3 is 19.1 Å². The van der Waals surface area contributed by atoms with E-state index in [-0.39, 0.29) is 11.3 Å². The van der Waals surface area contributed by atoms with Gasteiger partial charge in [-0.3, -0.25) is 0 Å². The summed E-state index contributed by atoms with van der Waals surface area (Å²) in [6.07, 6.45) is 1.58. The first-order chi connectivity index (χ1) is 10.7. The van der Waals surface area contributed by atoms with E-state index >= 15 is 0 Å². The Labute approximate surface area is 141 Å². The van der Waals surface area contributed by atoms with Crippen molar-refractivity contribution in [1.82, 2.24) is 9.55 Å². The summed E-state index contributed by atoms with van der Waals surface area (Å²) in [4.78, 5) is 15.5. The monoisotopic (exact) mass is 356 g/mol. The number of fused-ring (bicyclic) bond motifs is 1. The second kappa shape index (κ2) is 6.90. The van der Waals surface area contributed by atoms with E-state index in [1.165, 1.54) is 13.2 Å². The molecule has 0 saturated carbocycles. The lowest BCUT2D eigenvalue weighted by molar-refractivity contribution is 0.0693. The second-order valence-corrected chi connectivity index (χ2v) is 12.5. The van der Waals surface area contributed by atoms with Gasteiger partial charge in [-0.15, -0.1) is 0 Å². The molecule has 1 aromatic carbocycles. The molecule has 0 aliphatic carbocycles. The molecule has 0 fully saturated rings. The molecule has 2 rings (SSSR count). The Kier molecular flexibility index (Phi) is 5.33. The molecule has 0 atom stereocenters. The molecule has 8 heteroatoms. The zero-order valence-electron chi connectivity index (χ0n) is 13.7. The number of benzene rings is 1. The maximum Gasteiger partial charge on any atom is 0.339 e. The lowest BCUT2D eigenvalue weighted by Gasteiger charge is -2.16. The van der Waals surface area contributed by atoms with Crippen LogP contribution in [-0.4, -0.2) is 42.4 Å². The molecule has 0 aliphatic rings. The van der Waals surface area contributed by atoms with E-state index in [0.29, 0.717) is 29.4 Å². The molecule has 1 N–H and O–H groups in total. The molecule has 0 aliphatic heterocycles. The zero-order chi connectivity index (χ0) is 17.2. The number of rotatable bonds is 7. The predicted molar refractivity (Wildman–Crippen MR) is 92.4 cm³/mol. The maximum absolute atomic E-state index is 11.3. The third-order valence-electron chi connectivity index (χ3n) is 3.46. The molecule has 0 spiro atoms. The van der Waals surface area contributed by atoms with E-state index in [1.54, 1.807) is 10.9 Å². The zero-order valence-corrected chi connectivity index (χ0v) is 15.5. The van der Waals surface area contributed by atoms with E-state index in [9.17, 15) is 9.90 Å². The van der Waals surface area contributed by atoms with E-state index in [4.69, 9.17) is 21.1 Å². The van der Waals surface area contributed by atoms with Gasteiger partial charge in [-0.2, -0.15) is 0 Å². The van der Waals surface area contributed by atoms with Gasteiger partial charge in [0.15, 0.2) is 5.75 Å². The Hall–Kier alpha value is -1.57. The summed E-state index contributed by atoms with van der Waals surface area (Å²) < 4.78 is 12.7. The summed E-state index contributed by atoms with van der Waals surface area (Å²) in [6, 6.07) is 2.45. The van der Waals surface area contributed by atoms with Gasteiger partial charge in [0, 0.05) is 14.7 Å². The van der Waals surface area contributed by atoms with Gasteiger partial charge in [-0.1, -0.05) is 31.2 Å². The average molecular weight is 357 g/mol. The summed E-state index contributed by atoms with van der Waals surface area (Å²) in [6.45, 7) is 7.86. The molecule has 1 aromatic heterocycles. The third-order valence-corrected chi connectivity index (χ3v) is 5.45. The first kappa shape index (κ1) is 17.8. The summed E-state index contributed by atoms with van der Waals surface area (Å²) in [5, 5.41) is 9.55. The van der Waals surface area contributed by atoms with Crippen LogP contribution in [0.3, 0.4) is 0 Å². The normalized spacial score (nSPS) is 11.9. The van der Waals surface area contributed by atoms with Crippen LogP contribution in [0.15, 0.2) is 12.4 Å². The molecule has 0 unspecified atom stereocenters. The van der Waals surface area contributed by atoms with Crippen molar-refractivity contribution in [2.24, 2.45) is 0 Å². The van der Waals surface area contributed by atoms with E-state index < -0.39 is 14.0 Å². The quantitative estimate of drug-likeness (QED) is 0.604. The van der Waals surface area contributed by atoms with Crippen molar-refractivity contribution in [3.63, 3.8) is 0 Å². The SMILES string of the molecule is COc1c(C(=O)O)cc(Cl)c2c1ncn2COCC[Si](C)(C)C. The average Bonchev–Trinajstić information content (AvgIpc) is 2.87. The molecule has 126 valence electrons. The number of carboxylic acids is 1. The number of imidazole rings is 1. The standard InChI is InChI=1S/C15H21ClN2O4Si/c1-21-14-10(15(19)20)7-11(16)13-12(14)17-8-18(13)9-22-5-6-23(2,3)4/h7-8H,5-6,9H2,1-4H3,(H,19,20). The minimum absolute atomic E-state index is 0.00472. The number of methoxy groups -OCH3 is 1. The highest BCUT2D eigenvalue weighted by Gasteiger charge is 2.21. The number of hydrogen-bond donors (Lipinski definition) is 1. The molecule has 23 heavy (non-hydrogen) atoms. The van der Waals surface area contributed by atoms with Crippen molar-refractivity contribution in [3.05, 3.63) is 23.0 Å². The van der Waals surface area contributed by atoms with Crippen molar-refractivity contribution < 1.29 is 19.4 Å². The fraction of sp³-hybridized carbons (Fsp3) is 0.467. The minimum Gasteiger partial charge on any atom is -0.493 e. The fourth-order valence-electron chi connectivity index (χ4n) is 2.19. The van der Waals surface area contributed by atoms with Gasteiger partial charge in [0.25, 0.3) is 0 Å². The number of halogens is 1. The number of aromatic carboxylic acids is 1. The highest BCUT2D eigenvalue weighted by molar-refractivity contribution is 6.76. The smallest absolute Gasteiger partial charge is 0.339 e. The van der Waals surface area contributed by atoms with Crippen molar-refractivity contribution in [1.29, 1.82) is 0 Å². The van der Waals surface area contributed by atoms with Crippen molar-refractivity contribution in [2.75, 3.05) is 13.7 Å². The molecule has 0 bridgehead atoms. The van der Waals surface area contributed by atoms with Crippen molar-refractivity contribution in [3.8, 4) is 5.75 Å². The first-order valence-corrected chi connectivity index (χ1v) is 11.4. The van der Waals surface area contributed by atoms with Gasteiger partial charge in [0.2, 0.25) is 0 Å². The van der Waals surface area contributed by atoms with Gasteiger partial charge in [0.1, 0.15) is 17.8 Å². The Bertz CT molecular complexity index is 724. The molecule has 0 radical (unpaired) electrons. The number of ether oxygens (including phenoxy) is 2. The lowest BCUT2D eigenvalue weighted by atomic mass is 10.1. The summed E-state index contributed by atoms with van der Waals surface area (Å²) >= 11 is 6.24. The molecule has 6 nitrogen and oxygen atoms in total. The summed E-state index contributed by atoms with van der Waals surface area (Å²) in [7, 11) is 0.275. The summed E-state index contributed by atoms with van der Waals surface area (Å²) in [5.41, 5.74) is 1.03. The molecule has 0 amide bonds. The van der Waals surface area contributed by atoms with Crippen LogP contribution in [0.5, 0.6) is 5.75 Å². The molecule has 0 saturated heterocycles. The predicted octanol–water partition coefficient (Wildman–Crippen LogP) is 3.71. The van der Waals surface area contributed by atoms with Crippen LogP contribution < -0.4 is 4.74 Å². The number of nitrogens with zero attached hydrogens (tertiary/aromatic N) is 2. The molecular weight excluding hydrogens is 336 g/mol. The molecule has 1 heterocycles. The van der Waals surface area contributed by atoms with Crippen LogP contribution in [0.25, 0.3) is 11.0 Å². The van der Waals surface area contributed by atoms with Crippen LogP contribution in [0, 0.1) is 0 Å². The van der Waals surface area contributed by atoms with E-state index in [1.807, 2.05) is 0 Å².